The standard InChI is InChI=1S/C20H28O3Si2/c1-24(2,3)18-15-11-10-14-17(18)20(19(21)22,23-25(4,5)6)16-12-8-7-9-13-16/h7-15H,1-6H3,(H,21,22). The van der Waals surface area contributed by atoms with Crippen LogP contribution in [-0.2, 0) is 14.8 Å². The Morgan fingerprint density at radius 1 is 0.880 bits per heavy atom. The molecule has 0 bridgehead atoms. The van der Waals surface area contributed by atoms with Gasteiger partial charge in [-0.25, -0.2) is 4.79 Å². The molecule has 0 aliphatic rings. The minimum Gasteiger partial charge on any atom is -0.479 e. The molecule has 0 aliphatic carbocycles. The molecule has 0 radical (unpaired) electrons. The van der Waals surface area contributed by atoms with Crippen LogP contribution in [0.3, 0.4) is 0 Å². The Balaban J connectivity index is 2.88. The predicted molar refractivity (Wildman–Crippen MR) is 109 cm³/mol. The molecule has 0 amide bonds. The third kappa shape index (κ3) is 4.11. The van der Waals surface area contributed by atoms with Crippen molar-refractivity contribution < 1.29 is 14.3 Å². The highest BCUT2D eigenvalue weighted by atomic mass is 28.4. The van der Waals surface area contributed by atoms with Crippen LogP contribution in [0, 0.1) is 0 Å². The summed E-state index contributed by atoms with van der Waals surface area (Å²) in [7, 11) is -3.94. The van der Waals surface area contributed by atoms with Gasteiger partial charge in [-0.15, -0.1) is 0 Å². The van der Waals surface area contributed by atoms with Crippen LogP contribution in [0.15, 0.2) is 54.6 Å². The Morgan fingerprint density at radius 3 is 1.88 bits per heavy atom. The van der Waals surface area contributed by atoms with E-state index >= 15 is 0 Å². The van der Waals surface area contributed by atoms with Crippen LogP contribution >= 0.6 is 0 Å². The minimum atomic E-state index is -2.17. The molecule has 3 nitrogen and oxygen atoms in total. The molecule has 2 aromatic rings. The van der Waals surface area contributed by atoms with Crippen LogP contribution in [0.25, 0.3) is 0 Å². The van der Waals surface area contributed by atoms with E-state index in [0.29, 0.717) is 5.56 Å². The van der Waals surface area contributed by atoms with E-state index in [9.17, 15) is 9.90 Å². The Kier molecular flexibility index (Phi) is 5.42. The van der Waals surface area contributed by atoms with Crippen molar-refractivity contribution in [1.82, 2.24) is 0 Å². The Labute approximate surface area is 152 Å². The van der Waals surface area contributed by atoms with Gasteiger partial charge in [-0.1, -0.05) is 79.4 Å². The number of carboxylic acids is 1. The molecule has 0 saturated heterocycles. The lowest BCUT2D eigenvalue weighted by molar-refractivity contribution is -0.153. The lowest BCUT2D eigenvalue weighted by Crippen LogP contribution is -2.53. The van der Waals surface area contributed by atoms with Crippen LogP contribution in [-0.4, -0.2) is 27.5 Å². The van der Waals surface area contributed by atoms with Gasteiger partial charge in [0.25, 0.3) is 0 Å². The van der Waals surface area contributed by atoms with Crippen LogP contribution < -0.4 is 5.19 Å². The van der Waals surface area contributed by atoms with Crippen molar-refractivity contribution in [3.8, 4) is 0 Å². The van der Waals surface area contributed by atoms with Crippen molar-refractivity contribution in [2.75, 3.05) is 0 Å². The van der Waals surface area contributed by atoms with Crippen molar-refractivity contribution in [3.05, 3.63) is 65.7 Å². The van der Waals surface area contributed by atoms with Gasteiger partial charge in [0.2, 0.25) is 5.60 Å². The number of carboxylic acid groups (broad SMARTS) is 1. The molecule has 1 atom stereocenters. The second-order valence-corrected chi connectivity index (χ2v) is 17.8. The lowest BCUT2D eigenvalue weighted by atomic mass is 9.86. The van der Waals surface area contributed by atoms with Gasteiger partial charge in [0.15, 0.2) is 8.32 Å². The highest BCUT2D eigenvalue weighted by molar-refractivity contribution is 6.89. The van der Waals surface area contributed by atoms with Crippen LogP contribution in [0.2, 0.25) is 39.3 Å². The molecule has 2 aromatic carbocycles. The van der Waals surface area contributed by atoms with Gasteiger partial charge in [0.1, 0.15) is 0 Å². The van der Waals surface area contributed by atoms with Crippen LogP contribution in [0.5, 0.6) is 0 Å². The average Bonchev–Trinajstić information content (AvgIpc) is 2.51. The van der Waals surface area contributed by atoms with E-state index in [0.717, 1.165) is 10.8 Å². The molecule has 134 valence electrons. The SMILES string of the molecule is C[Si](C)(C)OC(C(=O)O)(c1ccccc1)c1ccccc1[Si](C)(C)C. The largest absolute Gasteiger partial charge is 0.479 e. The Bertz CT molecular complexity index is 746. The summed E-state index contributed by atoms with van der Waals surface area (Å²) in [4.78, 5) is 12.7. The second-order valence-electron chi connectivity index (χ2n) is 8.36. The fourth-order valence-electron chi connectivity index (χ4n) is 3.13. The second kappa shape index (κ2) is 6.90. The summed E-state index contributed by atoms with van der Waals surface area (Å²) in [6.45, 7) is 12.8. The highest BCUT2D eigenvalue weighted by Gasteiger charge is 2.48. The molecule has 1 unspecified atom stereocenters. The van der Waals surface area contributed by atoms with Crippen molar-refractivity contribution in [3.63, 3.8) is 0 Å². The molecule has 0 spiro atoms. The first-order valence-electron chi connectivity index (χ1n) is 8.57. The maximum Gasteiger partial charge on any atom is 0.344 e. The molecular formula is C20H28O3Si2. The Morgan fingerprint density at radius 2 is 1.40 bits per heavy atom. The van der Waals surface area contributed by atoms with Crippen LogP contribution in [0.4, 0.5) is 0 Å². The molecule has 1 N–H and O–H groups in total. The molecule has 0 fully saturated rings. The summed E-state index contributed by atoms with van der Waals surface area (Å²) in [5.41, 5.74) is -0.0197. The summed E-state index contributed by atoms with van der Waals surface area (Å²) in [6, 6.07) is 17.2. The summed E-state index contributed by atoms with van der Waals surface area (Å²) in [5.74, 6) is -0.952. The van der Waals surface area contributed by atoms with Crippen molar-refractivity contribution in [2.45, 2.75) is 44.9 Å². The predicted octanol–water partition coefficient (Wildman–Crippen LogP) is 4.41. The minimum absolute atomic E-state index is 0.677. The fraction of sp³-hybridized carbons (Fsp3) is 0.350. The third-order valence-electron chi connectivity index (χ3n) is 4.06. The van der Waals surface area contributed by atoms with E-state index in [2.05, 4.69) is 25.7 Å². The number of benzene rings is 2. The van der Waals surface area contributed by atoms with Crippen LogP contribution in [0.1, 0.15) is 11.1 Å². The lowest BCUT2D eigenvalue weighted by Gasteiger charge is -2.39. The first-order chi connectivity index (χ1) is 11.5. The Hall–Kier alpha value is -1.70. The van der Waals surface area contributed by atoms with Crippen molar-refractivity contribution >= 4 is 27.5 Å². The average molecular weight is 373 g/mol. The third-order valence-corrected chi connectivity index (χ3v) is 7.03. The van der Waals surface area contributed by atoms with E-state index in [1.54, 1.807) is 0 Å². The van der Waals surface area contributed by atoms with Gasteiger partial charge in [-0.3, -0.25) is 0 Å². The molecule has 0 aliphatic heterocycles. The quantitative estimate of drug-likeness (QED) is 0.764. The van der Waals surface area contributed by atoms with Gasteiger partial charge >= 0.3 is 5.97 Å². The zero-order chi connectivity index (χ0) is 18.9. The number of rotatable bonds is 6. The van der Waals surface area contributed by atoms with Crippen molar-refractivity contribution in [2.24, 2.45) is 0 Å². The number of hydrogen-bond donors (Lipinski definition) is 1. The van der Waals surface area contributed by atoms with E-state index in [1.165, 1.54) is 0 Å². The van der Waals surface area contributed by atoms with Gasteiger partial charge in [-0.2, -0.15) is 0 Å². The molecule has 2 rings (SSSR count). The molecular weight excluding hydrogens is 344 g/mol. The molecule has 25 heavy (non-hydrogen) atoms. The summed E-state index contributed by atoms with van der Waals surface area (Å²) >= 11 is 0. The number of carbonyl (C=O) groups is 1. The monoisotopic (exact) mass is 372 g/mol. The van der Waals surface area contributed by atoms with Gasteiger partial charge < -0.3 is 9.53 Å². The number of hydrogen-bond acceptors (Lipinski definition) is 2. The molecule has 0 heterocycles. The maximum absolute atomic E-state index is 12.7. The van der Waals surface area contributed by atoms with E-state index in [-0.39, 0.29) is 0 Å². The van der Waals surface area contributed by atoms with Gasteiger partial charge in [-0.05, 0) is 30.8 Å². The molecule has 0 aromatic heterocycles. The van der Waals surface area contributed by atoms with E-state index < -0.39 is 28.0 Å². The molecule has 0 saturated carbocycles. The van der Waals surface area contributed by atoms with Gasteiger partial charge in [0.05, 0.1) is 8.07 Å². The fourth-order valence-corrected chi connectivity index (χ4v) is 6.03. The van der Waals surface area contributed by atoms with E-state index in [4.69, 9.17) is 4.43 Å². The topological polar surface area (TPSA) is 46.5 Å². The summed E-state index contributed by atoms with van der Waals surface area (Å²) < 4.78 is 6.46. The molecule has 5 heteroatoms. The normalized spacial score (nSPS) is 14.8. The zero-order valence-electron chi connectivity index (χ0n) is 16.0. The smallest absolute Gasteiger partial charge is 0.344 e. The zero-order valence-corrected chi connectivity index (χ0v) is 18.0. The number of aliphatic carboxylic acids is 1. The summed E-state index contributed by atoms with van der Waals surface area (Å²) in [5, 5.41) is 11.5. The first kappa shape index (κ1) is 19.6. The first-order valence-corrected chi connectivity index (χ1v) is 15.5. The maximum atomic E-state index is 12.7. The van der Waals surface area contributed by atoms with Gasteiger partial charge in [0, 0.05) is 0 Å². The van der Waals surface area contributed by atoms with Crippen molar-refractivity contribution in [1.29, 1.82) is 0 Å². The summed E-state index contributed by atoms with van der Waals surface area (Å²) in [6.07, 6.45) is 0. The highest BCUT2D eigenvalue weighted by Crippen LogP contribution is 2.37. The van der Waals surface area contributed by atoms with E-state index in [1.807, 2.05) is 68.2 Å².